The number of benzene rings is 1. The van der Waals surface area contributed by atoms with E-state index in [2.05, 4.69) is 23.7 Å². The number of hydrogen-bond acceptors (Lipinski definition) is 6. The summed E-state index contributed by atoms with van der Waals surface area (Å²) < 4.78 is 5.79. The van der Waals surface area contributed by atoms with Crippen LogP contribution >= 0.6 is 0 Å². The smallest absolute Gasteiger partial charge is 0.295 e. The van der Waals surface area contributed by atoms with Crippen LogP contribution in [-0.4, -0.2) is 63.9 Å². The van der Waals surface area contributed by atoms with Gasteiger partial charge < -0.3 is 19.6 Å². The van der Waals surface area contributed by atoms with Crippen molar-refractivity contribution in [2.75, 3.05) is 26.2 Å². The first-order valence-corrected chi connectivity index (χ1v) is 12.0. The van der Waals surface area contributed by atoms with Gasteiger partial charge in [0.05, 0.1) is 17.7 Å². The highest BCUT2D eigenvalue weighted by molar-refractivity contribution is 6.46. The molecule has 1 N–H and O–H groups in total. The van der Waals surface area contributed by atoms with E-state index < -0.39 is 17.7 Å². The quantitative estimate of drug-likeness (QED) is 0.319. The minimum Gasteiger partial charge on any atom is -0.507 e. The number of pyridine rings is 1. The van der Waals surface area contributed by atoms with Crippen LogP contribution in [0.25, 0.3) is 5.76 Å². The molecule has 34 heavy (non-hydrogen) atoms. The molecule has 2 heterocycles. The van der Waals surface area contributed by atoms with Gasteiger partial charge in [0.15, 0.2) is 0 Å². The van der Waals surface area contributed by atoms with Crippen molar-refractivity contribution in [1.29, 1.82) is 0 Å². The number of hydrogen-bond donors (Lipinski definition) is 1. The molecule has 7 heteroatoms. The second kappa shape index (κ2) is 11.3. The van der Waals surface area contributed by atoms with Crippen molar-refractivity contribution in [3.05, 3.63) is 65.0 Å². The van der Waals surface area contributed by atoms with Crippen LogP contribution in [0.4, 0.5) is 0 Å². The number of aliphatic hydroxyl groups excluding tert-OH is 1. The molecule has 7 nitrogen and oxygen atoms in total. The first-order valence-electron chi connectivity index (χ1n) is 12.0. The van der Waals surface area contributed by atoms with Crippen molar-refractivity contribution in [1.82, 2.24) is 14.8 Å². The van der Waals surface area contributed by atoms with Crippen LogP contribution in [0, 0.1) is 6.92 Å². The van der Waals surface area contributed by atoms with E-state index in [1.807, 2.05) is 20.8 Å². The minimum absolute atomic E-state index is 0.0199. The minimum atomic E-state index is -0.665. The number of nitrogens with zero attached hydrogens (tertiary/aromatic N) is 3. The first-order chi connectivity index (χ1) is 16.3. The number of ketones is 1. The molecule has 1 fully saturated rings. The third-order valence-electron chi connectivity index (χ3n) is 6.14. The van der Waals surface area contributed by atoms with E-state index in [1.54, 1.807) is 47.6 Å². The van der Waals surface area contributed by atoms with Gasteiger partial charge in [-0.25, -0.2) is 0 Å². The number of aliphatic hydroxyl groups is 1. The maximum atomic E-state index is 13.2. The summed E-state index contributed by atoms with van der Waals surface area (Å²) in [5.74, 6) is -0.707. The number of likely N-dealkylation sites (tertiary alicyclic amines) is 1. The lowest BCUT2D eigenvalue weighted by molar-refractivity contribution is -0.140. The van der Waals surface area contributed by atoms with E-state index in [-0.39, 0.29) is 17.4 Å². The van der Waals surface area contributed by atoms with Crippen LogP contribution in [-0.2, 0) is 9.59 Å². The molecule has 0 bridgehead atoms. The fourth-order valence-corrected chi connectivity index (χ4v) is 4.35. The molecule has 0 aliphatic carbocycles. The Labute approximate surface area is 202 Å². The van der Waals surface area contributed by atoms with Crippen LogP contribution in [0.5, 0.6) is 5.75 Å². The molecule has 1 aliphatic rings. The third kappa shape index (κ3) is 5.47. The Morgan fingerprint density at radius 2 is 1.82 bits per heavy atom. The standard InChI is InChI=1S/C27H35N3O4/c1-6-29(7-2)15-8-16-30-24(20-11-13-28-14-12-20)23(26(32)27(30)33)25(31)21-9-10-22(19(5)17-21)34-18(3)4/h9-14,17-18,24,31H,6-8,15-16H2,1-5H3/t24-/m0/s1. The average Bonchev–Trinajstić information content (AvgIpc) is 3.08. The van der Waals surface area contributed by atoms with Crippen LogP contribution in [0.3, 0.4) is 0 Å². The molecule has 0 saturated carbocycles. The van der Waals surface area contributed by atoms with E-state index in [1.165, 1.54) is 0 Å². The van der Waals surface area contributed by atoms with Crippen molar-refractivity contribution in [3.8, 4) is 5.75 Å². The zero-order valence-electron chi connectivity index (χ0n) is 20.7. The Hall–Kier alpha value is -3.19. The molecule has 0 radical (unpaired) electrons. The summed E-state index contributed by atoms with van der Waals surface area (Å²) in [6.45, 7) is 13.1. The highest BCUT2D eigenvalue weighted by Crippen LogP contribution is 2.39. The zero-order chi connectivity index (χ0) is 24.8. The highest BCUT2D eigenvalue weighted by Gasteiger charge is 2.45. The summed E-state index contributed by atoms with van der Waals surface area (Å²) in [6.07, 6.45) is 4.02. The second-order valence-electron chi connectivity index (χ2n) is 8.80. The van der Waals surface area contributed by atoms with Crippen LogP contribution in [0.1, 0.15) is 56.8 Å². The molecule has 3 rings (SSSR count). The number of aromatic nitrogens is 1. The van der Waals surface area contributed by atoms with E-state index >= 15 is 0 Å². The number of ether oxygens (including phenoxy) is 1. The molecule has 182 valence electrons. The first kappa shape index (κ1) is 25.4. The van der Waals surface area contributed by atoms with E-state index in [4.69, 9.17) is 4.74 Å². The Morgan fingerprint density at radius 1 is 1.15 bits per heavy atom. The Bertz CT molecular complexity index is 1050. The van der Waals surface area contributed by atoms with Gasteiger partial charge in [-0.1, -0.05) is 13.8 Å². The van der Waals surface area contributed by atoms with Gasteiger partial charge in [-0.3, -0.25) is 14.6 Å². The summed E-state index contributed by atoms with van der Waals surface area (Å²) in [6, 6.07) is 8.19. The summed E-state index contributed by atoms with van der Waals surface area (Å²) in [5, 5.41) is 11.3. The van der Waals surface area contributed by atoms with Crippen molar-refractivity contribution in [2.24, 2.45) is 0 Å². The number of aryl methyl sites for hydroxylation is 1. The van der Waals surface area contributed by atoms with Crippen molar-refractivity contribution < 1.29 is 19.4 Å². The number of amides is 1. The van der Waals surface area contributed by atoms with Gasteiger partial charge in [0.2, 0.25) is 0 Å². The lowest BCUT2D eigenvalue weighted by Crippen LogP contribution is -2.33. The molecule has 2 aromatic rings. The number of Topliss-reactive ketones (excluding diaryl/α,β-unsaturated/α-hetero) is 1. The van der Waals surface area contributed by atoms with E-state index in [9.17, 15) is 14.7 Å². The van der Waals surface area contributed by atoms with Gasteiger partial charge in [0, 0.05) is 24.5 Å². The van der Waals surface area contributed by atoms with Gasteiger partial charge in [-0.2, -0.15) is 0 Å². The van der Waals surface area contributed by atoms with Crippen LogP contribution in [0.2, 0.25) is 0 Å². The Morgan fingerprint density at radius 3 is 2.41 bits per heavy atom. The third-order valence-corrected chi connectivity index (χ3v) is 6.14. The highest BCUT2D eigenvalue weighted by atomic mass is 16.5. The summed E-state index contributed by atoms with van der Waals surface area (Å²) in [5.41, 5.74) is 2.17. The maximum Gasteiger partial charge on any atom is 0.295 e. The molecule has 1 saturated heterocycles. The largest absolute Gasteiger partial charge is 0.507 e. The average molecular weight is 466 g/mol. The fourth-order valence-electron chi connectivity index (χ4n) is 4.35. The van der Waals surface area contributed by atoms with Gasteiger partial charge in [-0.05, 0) is 88.3 Å². The lowest BCUT2D eigenvalue weighted by atomic mass is 9.95. The van der Waals surface area contributed by atoms with Crippen LogP contribution < -0.4 is 4.74 Å². The second-order valence-corrected chi connectivity index (χ2v) is 8.80. The predicted octanol–water partition coefficient (Wildman–Crippen LogP) is 4.33. The Kier molecular flexibility index (Phi) is 8.45. The molecule has 1 aliphatic heterocycles. The monoisotopic (exact) mass is 465 g/mol. The SMILES string of the molecule is CCN(CC)CCCN1C(=O)C(=O)C(=C(O)c2ccc(OC(C)C)c(C)c2)[C@@H]1c1ccncc1. The zero-order valence-corrected chi connectivity index (χ0v) is 20.7. The van der Waals surface area contributed by atoms with E-state index in [0.717, 1.165) is 37.2 Å². The van der Waals surface area contributed by atoms with Crippen molar-refractivity contribution in [3.63, 3.8) is 0 Å². The number of carbonyl (C=O) groups is 2. The van der Waals surface area contributed by atoms with Gasteiger partial charge >= 0.3 is 0 Å². The number of carbonyl (C=O) groups excluding carboxylic acids is 2. The molecule has 0 spiro atoms. The maximum absolute atomic E-state index is 13.2. The summed E-state index contributed by atoms with van der Waals surface area (Å²) in [4.78, 5) is 34.2. The van der Waals surface area contributed by atoms with Gasteiger partial charge in [0.1, 0.15) is 11.5 Å². The Balaban J connectivity index is 2.00. The molecule has 1 aromatic carbocycles. The van der Waals surface area contributed by atoms with E-state index in [0.29, 0.717) is 17.9 Å². The molecule has 1 amide bonds. The van der Waals surface area contributed by atoms with Gasteiger partial charge in [-0.15, -0.1) is 0 Å². The molecule has 1 aromatic heterocycles. The van der Waals surface area contributed by atoms with Crippen molar-refractivity contribution >= 4 is 17.4 Å². The van der Waals surface area contributed by atoms with Gasteiger partial charge in [0.25, 0.3) is 11.7 Å². The lowest BCUT2D eigenvalue weighted by Gasteiger charge is -2.26. The molecule has 0 unspecified atom stereocenters. The predicted molar refractivity (Wildman–Crippen MR) is 133 cm³/mol. The summed E-state index contributed by atoms with van der Waals surface area (Å²) in [7, 11) is 0. The summed E-state index contributed by atoms with van der Waals surface area (Å²) >= 11 is 0. The normalized spacial score (nSPS) is 17.7. The number of rotatable bonds is 10. The fraction of sp³-hybridized carbons (Fsp3) is 0.444. The van der Waals surface area contributed by atoms with Crippen molar-refractivity contribution in [2.45, 2.75) is 53.2 Å². The molecule has 1 atom stereocenters. The van der Waals surface area contributed by atoms with Crippen LogP contribution in [0.15, 0.2) is 48.3 Å². The molecular formula is C27H35N3O4. The molecular weight excluding hydrogens is 430 g/mol. The topological polar surface area (TPSA) is 83.0 Å².